The normalized spacial score (nSPS) is 29.7. The number of β-amino-alcohol motifs (C(OH)–C–C–N with tert-alkyl or cyclic N) is 2. The third kappa shape index (κ3) is 1.91. The quantitative estimate of drug-likeness (QED) is 0.667. The standard InChI is InChI=1S/C9H13NO3/c11-8-4-10(5-9(8)12)3-7-1-2-13-6-7/h1-2,6,8-9,11-12H,3-5H2. The van der Waals surface area contributed by atoms with Crippen molar-refractivity contribution >= 4 is 0 Å². The van der Waals surface area contributed by atoms with E-state index in [1.165, 1.54) is 0 Å². The fourth-order valence-electron chi connectivity index (χ4n) is 1.62. The molecule has 2 atom stereocenters. The maximum absolute atomic E-state index is 9.28. The van der Waals surface area contributed by atoms with Gasteiger partial charge in [-0.2, -0.15) is 0 Å². The molecule has 0 aliphatic carbocycles. The van der Waals surface area contributed by atoms with Crippen LogP contribution in [0.2, 0.25) is 0 Å². The zero-order valence-electron chi connectivity index (χ0n) is 7.26. The molecule has 4 heteroatoms. The minimum Gasteiger partial charge on any atom is -0.472 e. The number of aliphatic hydroxyl groups excluding tert-OH is 2. The summed E-state index contributed by atoms with van der Waals surface area (Å²) in [5, 5.41) is 18.6. The van der Waals surface area contributed by atoms with E-state index in [4.69, 9.17) is 4.42 Å². The minimum absolute atomic E-state index is 0.534. The fourth-order valence-corrected chi connectivity index (χ4v) is 1.62. The Morgan fingerprint density at radius 3 is 2.62 bits per heavy atom. The lowest BCUT2D eigenvalue weighted by atomic mass is 10.3. The molecule has 4 nitrogen and oxygen atoms in total. The first kappa shape index (κ1) is 8.74. The van der Waals surface area contributed by atoms with Crippen molar-refractivity contribution in [3.8, 4) is 0 Å². The summed E-state index contributed by atoms with van der Waals surface area (Å²) in [5.74, 6) is 0. The van der Waals surface area contributed by atoms with Crippen LogP contribution in [0.3, 0.4) is 0 Å². The summed E-state index contributed by atoms with van der Waals surface area (Å²) in [4.78, 5) is 2.00. The maximum atomic E-state index is 9.28. The topological polar surface area (TPSA) is 56.8 Å². The van der Waals surface area contributed by atoms with Crippen molar-refractivity contribution in [2.24, 2.45) is 0 Å². The molecule has 0 amide bonds. The smallest absolute Gasteiger partial charge is 0.0947 e. The Morgan fingerprint density at radius 2 is 2.08 bits per heavy atom. The molecule has 2 heterocycles. The van der Waals surface area contributed by atoms with Crippen LogP contribution in [0.1, 0.15) is 5.56 Å². The van der Waals surface area contributed by atoms with E-state index in [1.807, 2.05) is 11.0 Å². The van der Waals surface area contributed by atoms with E-state index in [-0.39, 0.29) is 0 Å². The number of nitrogens with zero attached hydrogens (tertiary/aromatic N) is 1. The highest BCUT2D eigenvalue weighted by atomic mass is 16.3. The largest absolute Gasteiger partial charge is 0.472 e. The van der Waals surface area contributed by atoms with E-state index in [1.54, 1.807) is 12.5 Å². The van der Waals surface area contributed by atoms with E-state index < -0.39 is 12.2 Å². The van der Waals surface area contributed by atoms with E-state index in [0.717, 1.165) is 12.1 Å². The molecular weight excluding hydrogens is 170 g/mol. The number of likely N-dealkylation sites (tertiary alicyclic amines) is 1. The van der Waals surface area contributed by atoms with Gasteiger partial charge in [-0.15, -0.1) is 0 Å². The summed E-state index contributed by atoms with van der Waals surface area (Å²) in [5.41, 5.74) is 1.07. The number of furan rings is 1. The Labute approximate surface area is 76.4 Å². The molecule has 0 saturated carbocycles. The van der Waals surface area contributed by atoms with Crippen LogP contribution >= 0.6 is 0 Å². The molecule has 0 aromatic carbocycles. The van der Waals surface area contributed by atoms with Crippen LogP contribution in [0.25, 0.3) is 0 Å². The van der Waals surface area contributed by atoms with Gasteiger partial charge in [0.25, 0.3) is 0 Å². The van der Waals surface area contributed by atoms with Crippen molar-refractivity contribution in [1.29, 1.82) is 0 Å². The van der Waals surface area contributed by atoms with Gasteiger partial charge in [0, 0.05) is 25.2 Å². The van der Waals surface area contributed by atoms with Crippen molar-refractivity contribution in [2.45, 2.75) is 18.8 Å². The van der Waals surface area contributed by atoms with Crippen molar-refractivity contribution in [3.05, 3.63) is 24.2 Å². The third-order valence-electron chi connectivity index (χ3n) is 2.32. The Morgan fingerprint density at radius 1 is 1.38 bits per heavy atom. The van der Waals surface area contributed by atoms with Crippen LogP contribution in [-0.2, 0) is 6.54 Å². The Hall–Kier alpha value is -0.840. The van der Waals surface area contributed by atoms with Gasteiger partial charge in [0.2, 0.25) is 0 Å². The van der Waals surface area contributed by atoms with Crippen molar-refractivity contribution < 1.29 is 14.6 Å². The number of hydrogen-bond acceptors (Lipinski definition) is 4. The van der Waals surface area contributed by atoms with Gasteiger partial charge in [0.15, 0.2) is 0 Å². The summed E-state index contributed by atoms with van der Waals surface area (Å²) in [6.45, 7) is 1.79. The van der Waals surface area contributed by atoms with Gasteiger partial charge in [0.1, 0.15) is 0 Å². The van der Waals surface area contributed by atoms with Gasteiger partial charge in [-0.05, 0) is 6.07 Å². The van der Waals surface area contributed by atoms with E-state index in [9.17, 15) is 10.2 Å². The second-order valence-corrected chi connectivity index (χ2v) is 3.46. The fraction of sp³-hybridized carbons (Fsp3) is 0.556. The highest BCUT2D eigenvalue weighted by Crippen LogP contribution is 2.13. The molecule has 1 aliphatic heterocycles. The van der Waals surface area contributed by atoms with Gasteiger partial charge in [-0.25, -0.2) is 0 Å². The van der Waals surface area contributed by atoms with Gasteiger partial charge in [-0.1, -0.05) is 0 Å². The lowest BCUT2D eigenvalue weighted by Gasteiger charge is -2.12. The molecule has 0 radical (unpaired) electrons. The molecule has 1 aliphatic rings. The van der Waals surface area contributed by atoms with Crippen molar-refractivity contribution in [3.63, 3.8) is 0 Å². The second-order valence-electron chi connectivity index (χ2n) is 3.46. The highest BCUT2D eigenvalue weighted by Gasteiger charge is 2.29. The second kappa shape index (κ2) is 3.49. The molecule has 2 N–H and O–H groups in total. The van der Waals surface area contributed by atoms with Crippen LogP contribution in [0, 0.1) is 0 Å². The molecule has 72 valence electrons. The average molecular weight is 183 g/mol. The van der Waals surface area contributed by atoms with Crippen LogP contribution < -0.4 is 0 Å². The van der Waals surface area contributed by atoms with Crippen LogP contribution in [0.4, 0.5) is 0 Å². The molecule has 2 unspecified atom stereocenters. The SMILES string of the molecule is OC1CN(Cc2ccoc2)CC1O. The van der Waals surface area contributed by atoms with E-state index in [2.05, 4.69) is 0 Å². The van der Waals surface area contributed by atoms with E-state index >= 15 is 0 Å². The lowest BCUT2D eigenvalue weighted by molar-refractivity contribution is 0.0572. The monoisotopic (exact) mass is 183 g/mol. The van der Waals surface area contributed by atoms with Gasteiger partial charge in [-0.3, -0.25) is 4.90 Å². The molecule has 1 aromatic rings. The first-order chi connectivity index (χ1) is 6.25. The summed E-state index contributed by atoms with van der Waals surface area (Å²) in [6, 6.07) is 1.89. The Bertz CT molecular complexity index is 250. The molecule has 2 rings (SSSR count). The predicted molar refractivity (Wildman–Crippen MR) is 46.0 cm³/mol. The average Bonchev–Trinajstić information content (AvgIpc) is 2.64. The number of rotatable bonds is 2. The Balaban J connectivity index is 1.91. The molecule has 13 heavy (non-hydrogen) atoms. The first-order valence-electron chi connectivity index (χ1n) is 4.35. The van der Waals surface area contributed by atoms with Gasteiger partial charge < -0.3 is 14.6 Å². The molecule has 1 aromatic heterocycles. The van der Waals surface area contributed by atoms with Crippen molar-refractivity contribution in [1.82, 2.24) is 4.90 Å². The highest BCUT2D eigenvalue weighted by molar-refractivity contribution is 5.05. The first-order valence-corrected chi connectivity index (χ1v) is 4.35. The van der Waals surface area contributed by atoms with Gasteiger partial charge >= 0.3 is 0 Å². The lowest BCUT2D eigenvalue weighted by Crippen LogP contribution is -2.22. The third-order valence-corrected chi connectivity index (χ3v) is 2.32. The predicted octanol–water partition coefficient (Wildman–Crippen LogP) is -0.183. The summed E-state index contributed by atoms with van der Waals surface area (Å²) in [7, 11) is 0. The maximum Gasteiger partial charge on any atom is 0.0947 e. The molecule has 1 fully saturated rings. The Kier molecular flexibility index (Phi) is 2.35. The molecule has 0 bridgehead atoms. The van der Waals surface area contributed by atoms with E-state index in [0.29, 0.717) is 13.1 Å². The molecule has 0 spiro atoms. The van der Waals surface area contributed by atoms with Crippen LogP contribution in [-0.4, -0.2) is 40.4 Å². The molecular formula is C9H13NO3. The van der Waals surface area contributed by atoms with Crippen LogP contribution in [0.5, 0.6) is 0 Å². The number of aliphatic hydroxyl groups is 2. The van der Waals surface area contributed by atoms with Gasteiger partial charge in [0.05, 0.1) is 24.7 Å². The summed E-state index contributed by atoms with van der Waals surface area (Å²) in [6.07, 6.45) is 2.09. The summed E-state index contributed by atoms with van der Waals surface area (Å²) >= 11 is 0. The zero-order chi connectivity index (χ0) is 9.26. The number of hydrogen-bond donors (Lipinski definition) is 2. The minimum atomic E-state index is -0.605. The zero-order valence-corrected chi connectivity index (χ0v) is 7.26. The van der Waals surface area contributed by atoms with Crippen molar-refractivity contribution in [2.75, 3.05) is 13.1 Å². The van der Waals surface area contributed by atoms with Crippen LogP contribution in [0.15, 0.2) is 23.0 Å². The molecule has 1 saturated heterocycles. The summed E-state index contributed by atoms with van der Waals surface area (Å²) < 4.78 is 4.93.